The van der Waals surface area contributed by atoms with Crippen molar-refractivity contribution in [1.29, 1.82) is 0 Å². The lowest BCUT2D eigenvalue weighted by molar-refractivity contribution is 0.797. The number of aromatic nitrogens is 1. The van der Waals surface area contributed by atoms with Gasteiger partial charge in [-0.1, -0.05) is 29.5 Å². The Morgan fingerprint density at radius 2 is 2.18 bits per heavy atom. The van der Waals surface area contributed by atoms with E-state index in [9.17, 15) is 0 Å². The zero-order chi connectivity index (χ0) is 8.17. The van der Waals surface area contributed by atoms with Gasteiger partial charge in [0.1, 0.15) is 0 Å². The van der Waals surface area contributed by atoms with Crippen molar-refractivity contribution >= 4 is 22.6 Å². The predicted octanol–water partition coefficient (Wildman–Crippen LogP) is 2.83. The number of fused-ring (bicyclic) bond motifs is 1. The summed E-state index contributed by atoms with van der Waals surface area (Å²) in [6, 6.07) is 2.99. The number of halogens is 1. The van der Waals surface area contributed by atoms with Gasteiger partial charge >= 0.3 is 0 Å². The summed E-state index contributed by atoms with van der Waals surface area (Å²) < 4.78 is 3.17. The number of alkyl halides is 1. The molecule has 1 aromatic rings. The first kappa shape index (κ1) is 7.65. The number of nitrogens with zero attached hydrogens (tertiary/aromatic N) is 1. The molecule has 0 radical (unpaired) electrons. The van der Waals surface area contributed by atoms with E-state index >= 15 is 0 Å². The average Bonchev–Trinajstić information content (AvgIpc) is 2.53. The molecule has 0 bridgehead atoms. The number of hydrogen-bond donors (Lipinski definition) is 0. The third-order valence-electron chi connectivity index (χ3n) is 2.39. The molecular weight excluding hydrogens is 249 g/mol. The Hall–Kier alpha value is 0.01000. The molecule has 0 saturated carbocycles. The van der Waals surface area contributed by atoms with Crippen LogP contribution in [0.3, 0.4) is 0 Å². The largest absolute Gasteiger partial charge is 0.337 e. The van der Waals surface area contributed by atoms with E-state index in [1.807, 2.05) is 0 Å². The van der Waals surface area contributed by atoms with Crippen LogP contribution in [0, 0.1) is 13.8 Å². The molecule has 1 aliphatic rings. The summed E-state index contributed by atoms with van der Waals surface area (Å²) in [7, 11) is 0. The van der Waals surface area contributed by atoms with Crippen molar-refractivity contribution in [3.8, 4) is 0 Å². The summed E-state index contributed by atoms with van der Waals surface area (Å²) in [4.78, 5) is 0. The van der Waals surface area contributed by atoms with Crippen LogP contribution in [0.1, 0.15) is 29.9 Å². The summed E-state index contributed by atoms with van der Waals surface area (Å²) in [6.45, 7) is 6.67. The molecule has 2 heterocycles. The molecule has 60 valence electrons. The van der Waals surface area contributed by atoms with Gasteiger partial charge in [0.15, 0.2) is 0 Å². The first-order valence-electron chi connectivity index (χ1n) is 3.95. The second-order valence-corrected chi connectivity index (χ2v) is 5.31. The Labute approximate surface area is 80.9 Å². The topological polar surface area (TPSA) is 4.93 Å². The SMILES string of the molecule is Cc1cc(C)n2c1[C@H]2C(C)I. The van der Waals surface area contributed by atoms with E-state index in [0.717, 1.165) is 9.97 Å². The molecule has 2 heteroatoms. The molecule has 1 unspecified atom stereocenters. The molecule has 2 rings (SSSR count). The van der Waals surface area contributed by atoms with Crippen molar-refractivity contribution in [1.82, 2.24) is 4.57 Å². The summed E-state index contributed by atoms with van der Waals surface area (Å²) in [5, 5.41) is 0. The normalized spacial score (nSPS) is 23.1. The Kier molecular flexibility index (Phi) is 1.56. The van der Waals surface area contributed by atoms with E-state index in [4.69, 9.17) is 0 Å². The molecule has 0 aliphatic carbocycles. The zero-order valence-electron chi connectivity index (χ0n) is 7.06. The lowest BCUT2D eigenvalue weighted by Crippen LogP contribution is -1.97. The van der Waals surface area contributed by atoms with Crippen LogP contribution in [-0.2, 0) is 0 Å². The van der Waals surface area contributed by atoms with Crippen LogP contribution >= 0.6 is 22.6 Å². The minimum absolute atomic E-state index is 0.723. The van der Waals surface area contributed by atoms with E-state index in [1.165, 1.54) is 11.3 Å². The Morgan fingerprint density at radius 3 is 2.45 bits per heavy atom. The van der Waals surface area contributed by atoms with Crippen molar-refractivity contribution in [3.05, 3.63) is 23.0 Å². The van der Waals surface area contributed by atoms with Gasteiger partial charge in [-0.05, 0) is 25.5 Å². The van der Waals surface area contributed by atoms with E-state index in [2.05, 4.69) is 54.0 Å². The highest BCUT2D eigenvalue weighted by Crippen LogP contribution is 2.45. The minimum Gasteiger partial charge on any atom is -0.337 e. The highest BCUT2D eigenvalue weighted by Gasteiger charge is 2.38. The van der Waals surface area contributed by atoms with Gasteiger partial charge in [-0.15, -0.1) is 0 Å². The standard InChI is InChI=1S/C9H12IN/c1-5-4-6(2)11-8(5)9(11)7(3)10/h4,7,9H,1-3H3/t7?,9-,11?/m1/s1. The van der Waals surface area contributed by atoms with Crippen LogP contribution in [0.4, 0.5) is 0 Å². The number of aryl methyl sites for hydroxylation is 2. The average molecular weight is 261 g/mol. The molecule has 0 saturated heterocycles. The fraction of sp³-hybridized carbons (Fsp3) is 0.556. The van der Waals surface area contributed by atoms with E-state index < -0.39 is 0 Å². The number of hydrogen-bond acceptors (Lipinski definition) is 0. The van der Waals surface area contributed by atoms with Crippen LogP contribution in [-0.4, -0.2) is 8.49 Å². The molecule has 2 atom stereocenters. The molecule has 1 aromatic heterocycles. The van der Waals surface area contributed by atoms with E-state index in [-0.39, 0.29) is 0 Å². The third-order valence-corrected chi connectivity index (χ3v) is 3.08. The van der Waals surface area contributed by atoms with Crippen LogP contribution in [0.25, 0.3) is 0 Å². The Bertz CT molecular complexity index is 274. The van der Waals surface area contributed by atoms with E-state index in [0.29, 0.717) is 0 Å². The van der Waals surface area contributed by atoms with Crippen molar-refractivity contribution in [3.63, 3.8) is 0 Å². The minimum atomic E-state index is 0.723. The summed E-state index contributed by atoms with van der Waals surface area (Å²) in [5.41, 5.74) is 4.45. The van der Waals surface area contributed by atoms with Gasteiger partial charge in [0.25, 0.3) is 0 Å². The first-order valence-corrected chi connectivity index (χ1v) is 5.20. The molecule has 11 heavy (non-hydrogen) atoms. The van der Waals surface area contributed by atoms with Crippen LogP contribution < -0.4 is 0 Å². The highest BCUT2D eigenvalue weighted by molar-refractivity contribution is 14.1. The second-order valence-electron chi connectivity index (χ2n) is 3.35. The second kappa shape index (κ2) is 2.25. The molecule has 0 amide bonds. The molecule has 0 spiro atoms. The Morgan fingerprint density at radius 1 is 1.55 bits per heavy atom. The van der Waals surface area contributed by atoms with Crippen LogP contribution in [0.15, 0.2) is 6.07 Å². The molecular formula is C9H12IN. The van der Waals surface area contributed by atoms with Crippen molar-refractivity contribution in [2.75, 3.05) is 0 Å². The van der Waals surface area contributed by atoms with Crippen molar-refractivity contribution in [2.45, 2.75) is 30.7 Å². The fourth-order valence-electron chi connectivity index (χ4n) is 1.92. The number of rotatable bonds is 1. The molecule has 1 aliphatic heterocycles. The molecule has 1 nitrogen and oxygen atoms in total. The predicted molar refractivity (Wildman–Crippen MR) is 55.5 cm³/mol. The maximum atomic E-state index is 2.50. The fourth-order valence-corrected chi connectivity index (χ4v) is 2.59. The van der Waals surface area contributed by atoms with Crippen molar-refractivity contribution < 1.29 is 0 Å². The van der Waals surface area contributed by atoms with E-state index in [1.54, 1.807) is 5.69 Å². The highest BCUT2D eigenvalue weighted by atomic mass is 127. The van der Waals surface area contributed by atoms with Crippen LogP contribution in [0.5, 0.6) is 0 Å². The molecule has 0 aromatic carbocycles. The van der Waals surface area contributed by atoms with Gasteiger partial charge in [0.2, 0.25) is 0 Å². The van der Waals surface area contributed by atoms with Gasteiger partial charge < -0.3 is 4.57 Å². The molecule has 0 fully saturated rings. The summed E-state index contributed by atoms with van der Waals surface area (Å²) >= 11 is 2.50. The smallest absolute Gasteiger partial charge is 0.0854 e. The lowest BCUT2D eigenvalue weighted by atomic mass is 10.2. The first-order chi connectivity index (χ1) is 5.13. The van der Waals surface area contributed by atoms with Gasteiger partial charge in [-0.25, -0.2) is 0 Å². The molecule has 0 N–H and O–H groups in total. The van der Waals surface area contributed by atoms with Gasteiger partial charge in [0.05, 0.1) is 6.04 Å². The van der Waals surface area contributed by atoms with Gasteiger partial charge in [0, 0.05) is 15.3 Å². The zero-order valence-corrected chi connectivity index (χ0v) is 9.21. The van der Waals surface area contributed by atoms with Crippen LogP contribution in [0.2, 0.25) is 0 Å². The maximum Gasteiger partial charge on any atom is 0.0854 e. The van der Waals surface area contributed by atoms with Gasteiger partial charge in [-0.3, -0.25) is 0 Å². The lowest BCUT2D eigenvalue weighted by Gasteiger charge is -2.01. The monoisotopic (exact) mass is 261 g/mol. The summed E-state index contributed by atoms with van der Waals surface area (Å²) in [6.07, 6.45) is 0. The summed E-state index contributed by atoms with van der Waals surface area (Å²) in [5.74, 6) is 0. The quantitative estimate of drug-likeness (QED) is 0.541. The van der Waals surface area contributed by atoms with Crippen molar-refractivity contribution in [2.24, 2.45) is 0 Å². The maximum absolute atomic E-state index is 2.50. The Balaban J connectivity index is 2.37. The van der Waals surface area contributed by atoms with Gasteiger partial charge in [-0.2, -0.15) is 0 Å². The third kappa shape index (κ3) is 0.949.